The maximum Gasteiger partial charge on any atom is 0.306 e. The molecule has 1 saturated carbocycles. The van der Waals surface area contributed by atoms with E-state index in [0.717, 1.165) is 33.1 Å². The molecule has 6 heteroatoms. The average molecular weight is 398 g/mol. The van der Waals surface area contributed by atoms with Crippen molar-refractivity contribution in [2.24, 2.45) is 11.8 Å². The van der Waals surface area contributed by atoms with Crippen molar-refractivity contribution in [2.45, 2.75) is 31.8 Å². The van der Waals surface area contributed by atoms with Crippen LogP contribution >= 0.6 is 43.2 Å². The van der Waals surface area contributed by atoms with Gasteiger partial charge in [0.2, 0.25) is 0 Å². The van der Waals surface area contributed by atoms with Gasteiger partial charge in [0.25, 0.3) is 0 Å². The van der Waals surface area contributed by atoms with Crippen molar-refractivity contribution in [1.82, 2.24) is 0 Å². The molecule has 3 atom stereocenters. The second-order valence-electron chi connectivity index (χ2n) is 4.60. The Kier molecular flexibility index (Phi) is 4.86. The number of carboxylic acid groups (broad SMARTS) is 1. The lowest BCUT2D eigenvalue weighted by atomic mass is 9.76. The normalized spacial score (nSPS) is 25.9. The van der Waals surface area contributed by atoms with E-state index in [-0.39, 0.29) is 5.92 Å². The number of aliphatic hydroxyl groups excluding tert-OH is 1. The minimum Gasteiger partial charge on any atom is -0.481 e. The first kappa shape index (κ1) is 14.5. The number of aliphatic carboxylic acids is 1. The van der Waals surface area contributed by atoms with Gasteiger partial charge in [-0.3, -0.25) is 4.79 Å². The number of halogens is 2. The van der Waals surface area contributed by atoms with E-state index in [1.165, 1.54) is 11.3 Å². The monoisotopic (exact) mass is 396 g/mol. The maximum atomic E-state index is 11.3. The first-order chi connectivity index (χ1) is 8.52. The SMILES string of the molecule is O=C(O)C1CCCCC1C(O)c1scc(Br)c1Br. The van der Waals surface area contributed by atoms with Crippen molar-refractivity contribution >= 4 is 49.2 Å². The maximum absolute atomic E-state index is 11.3. The second-order valence-corrected chi connectivity index (χ2v) is 7.16. The van der Waals surface area contributed by atoms with E-state index < -0.39 is 18.0 Å². The number of hydrogen-bond acceptors (Lipinski definition) is 3. The van der Waals surface area contributed by atoms with E-state index in [9.17, 15) is 15.0 Å². The van der Waals surface area contributed by atoms with Gasteiger partial charge in [-0.25, -0.2) is 0 Å². The van der Waals surface area contributed by atoms with Crippen LogP contribution in [-0.4, -0.2) is 16.2 Å². The fourth-order valence-electron chi connectivity index (χ4n) is 2.57. The van der Waals surface area contributed by atoms with Crippen molar-refractivity contribution in [3.8, 4) is 0 Å². The van der Waals surface area contributed by atoms with E-state index in [1.807, 2.05) is 5.38 Å². The summed E-state index contributed by atoms with van der Waals surface area (Å²) in [5, 5.41) is 21.6. The highest BCUT2D eigenvalue weighted by atomic mass is 79.9. The molecular weight excluding hydrogens is 384 g/mol. The van der Waals surface area contributed by atoms with Crippen LogP contribution in [0.1, 0.15) is 36.7 Å². The lowest BCUT2D eigenvalue weighted by Crippen LogP contribution is -2.31. The molecule has 100 valence electrons. The molecule has 1 aromatic rings. The zero-order chi connectivity index (χ0) is 13.3. The van der Waals surface area contributed by atoms with Crippen LogP contribution in [-0.2, 0) is 4.79 Å². The summed E-state index contributed by atoms with van der Waals surface area (Å²) in [4.78, 5) is 12.1. The van der Waals surface area contributed by atoms with Gasteiger partial charge in [0, 0.05) is 25.1 Å². The third kappa shape index (κ3) is 2.81. The molecule has 1 aliphatic carbocycles. The summed E-state index contributed by atoms with van der Waals surface area (Å²) in [7, 11) is 0. The topological polar surface area (TPSA) is 57.5 Å². The molecule has 0 aliphatic heterocycles. The van der Waals surface area contributed by atoms with Crippen LogP contribution in [0.5, 0.6) is 0 Å². The molecule has 0 radical (unpaired) electrons. The highest BCUT2D eigenvalue weighted by molar-refractivity contribution is 9.13. The van der Waals surface area contributed by atoms with E-state index >= 15 is 0 Å². The van der Waals surface area contributed by atoms with Gasteiger partial charge in [0.05, 0.1) is 12.0 Å². The van der Waals surface area contributed by atoms with Crippen LogP contribution in [0.2, 0.25) is 0 Å². The van der Waals surface area contributed by atoms with Crippen LogP contribution in [0.4, 0.5) is 0 Å². The summed E-state index contributed by atoms with van der Waals surface area (Å²) in [5.74, 6) is -1.40. The van der Waals surface area contributed by atoms with Crippen molar-refractivity contribution < 1.29 is 15.0 Å². The zero-order valence-corrected chi connectivity index (χ0v) is 13.6. The Morgan fingerprint density at radius 1 is 1.39 bits per heavy atom. The first-order valence-corrected chi connectivity index (χ1v) is 8.32. The van der Waals surface area contributed by atoms with Crippen molar-refractivity contribution in [3.05, 3.63) is 19.2 Å². The Morgan fingerprint density at radius 3 is 2.61 bits per heavy atom. The molecule has 3 nitrogen and oxygen atoms in total. The molecule has 0 bridgehead atoms. The van der Waals surface area contributed by atoms with Crippen molar-refractivity contribution in [3.63, 3.8) is 0 Å². The predicted octanol–water partition coefficient (Wildman–Crippen LogP) is 4.20. The molecule has 1 heterocycles. The summed E-state index contributed by atoms with van der Waals surface area (Å²) in [6.45, 7) is 0. The lowest BCUT2D eigenvalue weighted by Gasteiger charge is -2.32. The molecule has 0 aromatic carbocycles. The predicted molar refractivity (Wildman–Crippen MR) is 77.8 cm³/mol. The second kappa shape index (κ2) is 6.03. The molecule has 0 spiro atoms. The summed E-state index contributed by atoms with van der Waals surface area (Å²) >= 11 is 8.27. The third-order valence-corrected chi connectivity index (χ3v) is 7.16. The van der Waals surface area contributed by atoms with Gasteiger partial charge in [0.15, 0.2) is 0 Å². The molecule has 2 rings (SSSR count). The molecule has 1 fully saturated rings. The highest BCUT2D eigenvalue weighted by Crippen LogP contribution is 2.44. The molecule has 0 amide bonds. The van der Waals surface area contributed by atoms with Gasteiger partial charge in [-0.2, -0.15) is 0 Å². The van der Waals surface area contributed by atoms with Gasteiger partial charge < -0.3 is 10.2 Å². The molecule has 18 heavy (non-hydrogen) atoms. The minimum absolute atomic E-state index is 0.182. The molecule has 0 saturated heterocycles. The quantitative estimate of drug-likeness (QED) is 0.803. The summed E-state index contributed by atoms with van der Waals surface area (Å²) in [6, 6.07) is 0. The molecule has 3 unspecified atom stereocenters. The van der Waals surface area contributed by atoms with Crippen LogP contribution in [0, 0.1) is 11.8 Å². The van der Waals surface area contributed by atoms with E-state index in [2.05, 4.69) is 31.9 Å². The first-order valence-electron chi connectivity index (χ1n) is 5.85. The molecule has 1 aliphatic rings. The Morgan fingerprint density at radius 2 is 2.06 bits per heavy atom. The Balaban J connectivity index is 2.23. The number of aliphatic hydroxyl groups is 1. The molecule has 2 N–H and O–H groups in total. The van der Waals surface area contributed by atoms with Crippen LogP contribution in [0.25, 0.3) is 0 Å². The molecular formula is C12H14Br2O3S. The largest absolute Gasteiger partial charge is 0.481 e. The van der Waals surface area contributed by atoms with E-state index in [0.29, 0.717) is 6.42 Å². The lowest BCUT2D eigenvalue weighted by molar-refractivity contribution is -0.147. The number of carbonyl (C=O) groups is 1. The minimum atomic E-state index is -0.787. The number of hydrogen-bond donors (Lipinski definition) is 2. The van der Waals surface area contributed by atoms with Crippen molar-refractivity contribution in [1.29, 1.82) is 0 Å². The Bertz CT molecular complexity index is 447. The van der Waals surface area contributed by atoms with Gasteiger partial charge in [0.1, 0.15) is 0 Å². The van der Waals surface area contributed by atoms with Crippen molar-refractivity contribution in [2.75, 3.05) is 0 Å². The smallest absolute Gasteiger partial charge is 0.306 e. The van der Waals surface area contributed by atoms with Gasteiger partial charge >= 0.3 is 5.97 Å². The Labute approximate surface area is 126 Å². The molecule has 1 aromatic heterocycles. The summed E-state index contributed by atoms with van der Waals surface area (Å²) in [6.07, 6.45) is 2.68. The standard InChI is InChI=1S/C12H14Br2O3S/c13-8-5-18-11(9(8)14)10(15)6-3-1-2-4-7(6)12(16)17/h5-7,10,15H,1-4H2,(H,16,17). The third-order valence-electron chi connectivity index (χ3n) is 3.53. The van der Waals surface area contributed by atoms with Gasteiger partial charge in [-0.05, 0) is 44.7 Å². The number of thiophene rings is 1. The van der Waals surface area contributed by atoms with E-state index in [4.69, 9.17) is 0 Å². The van der Waals surface area contributed by atoms with Crippen LogP contribution in [0.3, 0.4) is 0 Å². The average Bonchev–Trinajstić information content (AvgIpc) is 2.69. The van der Waals surface area contributed by atoms with Gasteiger partial charge in [-0.15, -0.1) is 11.3 Å². The summed E-state index contributed by atoms with van der Waals surface area (Å²) in [5.41, 5.74) is 0. The fourth-order valence-corrected chi connectivity index (χ4v) is 4.86. The van der Waals surface area contributed by atoms with Crippen LogP contribution in [0.15, 0.2) is 14.3 Å². The zero-order valence-electron chi connectivity index (χ0n) is 9.60. The van der Waals surface area contributed by atoms with Crippen LogP contribution < -0.4 is 0 Å². The number of rotatable bonds is 3. The van der Waals surface area contributed by atoms with Gasteiger partial charge in [-0.1, -0.05) is 12.8 Å². The highest BCUT2D eigenvalue weighted by Gasteiger charge is 2.37. The van der Waals surface area contributed by atoms with E-state index in [1.54, 1.807) is 0 Å². The summed E-state index contributed by atoms with van der Waals surface area (Å²) < 4.78 is 1.75. The fraction of sp³-hybridized carbons (Fsp3) is 0.583. The number of carboxylic acids is 1. The Hall–Kier alpha value is 0.0900.